The molecule has 2 aliphatic rings. The van der Waals surface area contributed by atoms with E-state index >= 15 is 0 Å². The lowest BCUT2D eigenvalue weighted by Crippen LogP contribution is -2.42. The summed E-state index contributed by atoms with van der Waals surface area (Å²) in [6.07, 6.45) is 2.14. The molecule has 8 heteroatoms. The van der Waals surface area contributed by atoms with Crippen LogP contribution in [0.4, 0.5) is 5.69 Å². The Bertz CT molecular complexity index is 790. The van der Waals surface area contributed by atoms with Gasteiger partial charge in [-0.25, -0.2) is 8.42 Å². The highest BCUT2D eigenvalue weighted by Gasteiger charge is 2.34. The highest BCUT2D eigenvalue weighted by Crippen LogP contribution is 2.29. The Morgan fingerprint density at radius 2 is 2.16 bits per heavy atom. The molecule has 1 aromatic rings. The Hall–Kier alpha value is -1.93. The predicted molar refractivity (Wildman–Crippen MR) is 91.5 cm³/mol. The standard InChI is InChI=1S/C17H22N2O5S/c1-2-24-17(21)13-4-3-9-19(11-13)25(22,23)14-6-7-15-12(10-14)5-8-16(20)18-15/h6-7,10,13H,2-5,8-9,11H2,1H3,(H,18,20). The van der Waals surface area contributed by atoms with Crippen LogP contribution in [0.1, 0.15) is 31.7 Å². The molecule has 1 fully saturated rings. The summed E-state index contributed by atoms with van der Waals surface area (Å²) in [4.78, 5) is 23.6. The molecule has 0 aliphatic carbocycles. The number of amides is 1. The van der Waals surface area contributed by atoms with E-state index < -0.39 is 15.9 Å². The summed E-state index contributed by atoms with van der Waals surface area (Å²) in [5.41, 5.74) is 1.48. The van der Waals surface area contributed by atoms with Crippen LogP contribution in [0.2, 0.25) is 0 Å². The summed E-state index contributed by atoms with van der Waals surface area (Å²) in [6, 6.07) is 4.76. The monoisotopic (exact) mass is 366 g/mol. The van der Waals surface area contributed by atoms with Gasteiger partial charge in [0.2, 0.25) is 15.9 Å². The van der Waals surface area contributed by atoms with Crippen molar-refractivity contribution in [3.05, 3.63) is 23.8 Å². The Morgan fingerprint density at radius 1 is 1.36 bits per heavy atom. The summed E-state index contributed by atoms with van der Waals surface area (Å²) >= 11 is 0. The zero-order valence-corrected chi connectivity index (χ0v) is 15.0. The quantitative estimate of drug-likeness (QED) is 0.816. The smallest absolute Gasteiger partial charge is 0.310 e. The zero-order valence-electron chi connectivity index (χ0n) is 14.2. The van der Waals surface area contributed by atoms with Crippen LogP contribution in [0.15, 0.2) is 23.1 Å². The molecule has 3 rings (SSSR count). The largest absolute Gasteiger partial charge is 0.466 e. The first-order valence-corrected chi connectivity index (χ1v) is 9.95. The zero-order chi connectivity index (χ0) is 18.0. The van der Waals surface area contributed by atoms with Gasteiger partial charge in [-0.2, -0.15) is 4.31 Å². The van der Waals surface area contributed by atoms with E-state index in [2.05, 4.69) is 5.32 Å². The number of carbonyl (C=O) groups is 2. The Morgan fingerprint density at radius 3 is 2.92 bits per heavy atom. The van der Waals surface area contributed by atoms with Crippen LogP contribution in [-0.2, 0) is 30.8 Å². The molecule has 0 spiro atoms. The van der Waals surface area contributed by atoms with Gasteiger partial charge >= 0.3 is 5.97 Å². The minimum atomic E-state index is -3.68. The van der Waals surface area contributed by atoms with Crippen molar-refractivity contribution in [2.24, 2.45) is 5.92 Å². The molecule has 0 saturated carbocycles. The van der Waals surface area contributed by atoms with Crippen molar-refractivity contribution in [1.29, 1.82) is 0 Å². The van der Waals surface area contributed by atoms with Crippen LogP contribution < -0.4 is 5.32 Å². The third-order valence-electron chi connectivity index (χ3n) is 4.61. The number of piperidine rings is 1. The number of benzene rings is 1. The van der Waals surface area contributed by atoms with E-state index in [1.54, 1.807) is 19.1 Å². The summed E-state index contributed by atoms with van der Waals surface area (Å²) in [5, 5.41) is 2.75. The number of carbonyl (C=O) groups excluding carboxylic acids is 2. The number of aryl methyl sites for hydroxylation is 1. The van der Waals surface area contributed by atoms with E-state index in [1.807, 2.05) is 0 Å². The van der Waals surface area contributed by atoms with Gasteiger partial charge in [-0.05, 0) is 49.9 Å². The van der Waals surface area contributed by atoms with Crippen LogP contribution in [0.5, 0.6) is 0 Å². The minimum Gasteiger partial charge on any atom is -0.466 e. The number of fused-ring (bicyclic) bond motifs is 1. The van der Waals surface area contributed by atoms with Gasteiger partial charge in [0.15, 0.2) is 0 Å². The highest BCUT2D eigenvalue weighted by molar-refractivity contribution is 7.89. The minimum absolute atomic E-state index is 0.0589. The van der Waals surface area contributed by atoms with Crippen LogP contribution in [0.25, 0.3) is 0 Å². The first kappa shape index (κ1) is 17.9. The molecule has 0 bridgehead atoms. The first-order valence-electron chi connectivity index (χ1n) is 8.51. The number of nitrogens with zero attached hydrogens (tertiary/aromatic N) is 1. The van der Waals surface area contributed by atoms with E-state index in [9.17, 15) is 18.0 Å². The lowest BCUT2D eigenvalue weighted by atomic mass is 10.0. The molecule has 1 atom stereocenters. The maximum Gasteiger partial charge on any atom is 0.310 e. The van der Waals surface area contributed by atoms with Gasteiger partial charge in [0, 0.05) is 25.2 Å². The fourth-order valence-corrected chi connectivity index (χ4v) is 4.86. The average molecular weight is 366 g/mol. The Balaban J connectivity index is 1.81. The van der Waals surface area contributed by atoms with Crippen molar-refractivity contribution in [2.75, 3.05) is 25.0 Å². The van der Waals surface area contributed by atoms with Crippen molar-refractivity contribution >= 4 is 27.6 Å². The second kappa shape index (κ2) is 7.13. The molecule has 25 heavy (non-hydrogen) atoms. The number of esters is 1. The van der Waals surface area contributed by atoms with Gasteiger partial charge in [0.05, 0.1) is 17.4 Å². The van der Waals surface area contributed by atoms with E-state index in [4.69, 9.17) is 4.74 Å². The third-order valence-corrected chi connectivity index (χ3v) is 6.48. The normalized spacial score (nSPS) is 21.3. The molecule has 1 N–H and O–H groups in total. The van der Waals surface area contributed by atoms with Crippen LogP contribution >= 0.6 is 0 Å². The van der Waals surface area contributed by atoms with Crippen molar-refractivity contribution in [2.45, 2.75) is 37.5 Å². The maximum absolute atomic E-state index is 12.9. The molecule has 7 nitrogen and oxygen atoms in total. The first-order chi connectivity index (χ1) is 11.9. The van der Waals surface area contributed by atoms with Gasteiger partial charge in [0.1, 0.15) is 0 Å². The molecular weight excluding hydrogens is 344 g/mol. The second-order valence-corrected chi connectivity index (χ2v) is 8.26. The van der Waals surface area contributed by atoms with Crippen molar-refractivity contribution in [1.82, 2.24) is 4.31 Å². The Labute approximate surface area is 147 Å². The Kier molecular flexibility index (Phi) is 5.10. The predicted octanol–water partition coefficient (Wildman–Crippen LogP) is 1.54. The van der Waals surface area contributed by atoms with Crippen molar-refractivity contribution < 1.29 is 22.7 Å². The van der Waals surface area contributed by atoms with Gasteiger partial charge in [-0.1, -0.05) is 0 Å². The average Bonchev–Trinajstić information content (AvgIpc) is 2.61. The highest BCUT2D eigenvalue weighted by atomic mass is 32.2. The summed E-state index contributed by atoms with van der Waals surface area (Å²) < 4.78 is 32.3. The number of rotatable bonds is 4. The van der Waals surface area contributed by atoms with Crippen LogP contribution in [0.3, 0.4) is 0 Å². The molecular formula is C17H22N2O5S. The molecule has 2 aliphatic heterocycles. The lowest BCUT2D eigenvalue weighted by molar-refractivity contribution is -0.149. The van der Waals surface area contributed by atoms with Crippen LogP contribution in [-0.4, -0.2) is 44.3 Å². The van der Waals surface area contributed by atoms with Crippen molar-refractivity contribution in [3.8, 4) is 0 Å². The third kappa shape index (κ3) is 3.69. The molecule has 1 saturated heterocycles. The number of nitrogens with one attached hydrogen (secondary N) is 1. The van der Waals surface area contributed by atoms with Crippen molar-refractivity contribution in [3.63, 3.8) is 0 Å². The molecule has 1 amide bonds. The summed E-state index contributed by atoms with van der Waals surface area (Å²) in [5.74, 6) is -0.813. The molecule has 0 aromatic heterocycles. The maximum atomic E-state index is 12.9. The second-order valence-electron chi connectivity index (χ2n) is 6.32. The summed E-state index contributed by atoms with van der Waals surface area (Å²) in [7, 11) is -3.68. The van der Waals surface area contributed by atoms with E-state index in [-0.39, 0.29) is 23.3 Å². The van der Waals surface area contributed by atoms with Gasteiger partial charge in [-0.15, -0.1) is 0 Å². The molecule has 0 radical (unpaired) electrons. The summed E-state index contributed by atoms with van der Waals surface area (Å²) in [6.45, 7) is 2.57. The molecule has 1 aromatic carbocycles. The number of hydrogen-bond donors (Lipinski definition) is 1. The molecule has 136 valence electrons. The number of ether oxygens (including phenoxy) is 1. The lowest BCUT2D eigenvalue weighted by Gasteiger charge is -2.31. The topological polar surface area (TPSA) is 92.8 Å². The van der Waals surface area contributed by atoms with E-state index in [0.29, 0.717) is 44.5 Å². The molecule has 1 unspecified atom stereocenters. The van der Waals surface area contributed by atoms with Crippen LogP contribution in [0, 0.1) is 5.92 Å². The number of hydrogen-bond acceptors (Lipinski definition) is 5. The van der Waals surface area contributed by atoms with E-state index in [0.717, 1.165) is 5.56 Å². The number of sulfonamides is 1. The fourth-order valence-electron chi connectivity index (χ4n) is 3.28. The van der Waals surface area contributed by atoms with Gasteiger partial charge < -0.3 is 10.1 Å². The number of anilines is 1. The van der Waals surface area contributed by atoms with E-state index in [1.165, 1.54) is 10.4 Å². The van der Waals surface area contributed by atoms with Gasteiger partial charge in [-0.3, -0.25) is 9.59 Å². The SMILES string of the molecule is CCOC(=O)C1CCCN(S(=O)(=O)c2ccc3c(c2)CCC(=O)N3)C1. The molecule has 2 heterocycles. The van der Waals surface area contributed by atoms with Gasteiger partial charge in [0.25, 0.3) is 0 Å². The fraction of sp³-hybridized carbons (Fsp3) is 0.529.